The maximum atomic E-state index is 13.0. The average Bonchev–Trinajstić information content (AvgIpc) is 2.91. The van der Waals surface area contributed by atoms with Crippen LogP contribution >= 0.6 is 0 Å². The van der Waals surface area contributed by atoms with Crippen LogP contribution in [-0.2, 0) is 0 Å². The minimum Gasteiger partial charge on any atom is -0.348 e. The van der Waals surface area contributed by atoms with Gasteiger partial charge < -0.3 is 5.32 Å². The Balaban J connectivity index is 1.76. The summed E-state index contributed by atoms with van der Waals surface area (Å²) in [5.41, 5.74) is 1.52. The lowest BCUT2D eigenvalue weighted by Gasteiger charge is -2.22. The van der Waals surface area contributed by atoms with E-state index in [1.165, 1.54) is 23.4 Å². The van der Waals surface area contributed by atoms with Crippen molar-refractivity contribution in [2.45, 2.75) is 45.1 Å². The fourth-order valence-corrected chi connectivity index (χ4v) is 2.78. The van der Waals surface area contributed by atoms with Crippen LogP contribution in [0.25, 0.3) is 5.69 Å². The van der Waals surface area contributed by atoms with Gasteiger partial charge in [0.05, 0.1) is 11.4 Å². The van der Waals surface area contributed by atoms with E-state index in [4.69, 9.17) is 0 Å². The van der Waals surface area contributed by atoms with Crippen molar-refractivity contribution in [1.82, 2.24) is 20.3 Å². The van der Waals surface area contributed by atoms with Gasteiger partial charge in [0, 0.05) is 6.04 Å². The zero-order chi connectivity index (χ0) is 15.5. The maximum Gasteiger partial charge on any atom is 0.273 e. The number of rotatable bonds is 3. The lowest BCUT2D eigenvalue weighted by atomic mass is 9.95. The largest absolute Gasteiger partial charge is 0.348 e. The molecule has 0 unspecified atom stereocenters. The molecule has 22 heavy (non-hydrogen) atoms. The number of aromatic nitrogens is 3. The number of amides is 1. The molecule has 2 aromatic rings. The van der Waals surface area contributed by atoms with E-state index in [0.29, 0.717) is 17.1 Å². The fourth-order valence-electron chi connectivity index (χ4n) is 2.78. The van der Waals surface area contributed by atoms with Crippen LogP contribution in [0.2, 0.25) is 0 Å². The van der Waals surface area contributed by atoms with Gasteiger partial charge in [0.25, 0.3) is 5.91 Å². The number of halogens is 1. The van der Waals surface area contributed by atoms with E-state index in [9.17, 15) is 9.18 Å². The van der Waals surface area contributed by atoms with Crippen molar-refractivity contribution in [2.75, 3.05) is 0 Å². The minimum atomic E-state index is -0.317. The summed E-state index contributed by atoms with van der Waals surface area (Å²) >= 11 is 0. The van der Waals surface area contributed by atoms with Gasteiger partial charge in [-0.15, -0.1) is 5.10 Å². The molecule has 0 radical (unpaired) electrons. The molecule has 1 aromatic carbocycles. The summed E-state index contributed by atoms with van der Waals surface area (Å²) in [4.78, 5) is 13.7. The van der Waals surface area contributed by atoms with Crippen molar-refractivity contribution in [1.29, 1.82) is 0 Å². The van der Waals surface area contributed by atoms with Gasteiger partial charge in [-0.25, -0.2) is 4.39 Å². The first-order chi connectivity index (χ1) is 10.6. The molecule has 1 aromatic heterocycles. The number of nitrogens with one attached hydrogen (secondary N) is 1. The zero-order valence-electron chi connectivity index (χ0n) is 12.6. The van der Waals surface area contributed by atoms with Crippen molar-refractivity contribution in [3.8, 4) is 5.69 Å². The molecule has 0 saturated heterocycles. The SMILES string of the molecule is Cc1nn(-c2ccc(F)cc2)nc1C(=O)NC1CCCCC1. The van der Waals surface area contributed by atoms with Crippen LogP contribution in [0.4, 0.5) is 4.39 Å². The van der Waals surface area contributed by atoms with E-state index in [1.807, 2.05) is 0 Å². The highest BCUT2D eigenvalue weighted by Gasteiger charge is 2.21. The highest BCUT2D eigenvalue weighted by Crippen LogP contribution is 2.18. The summed E-state index contributed by atoms with van der Waals surface area (Å²) < 4.78 is 13.0. The van der Waals surface area contributed by atoms with E-state index < -0.39 is 0 Å². The Morgan fingerprint density at radius 2 is 1.86 bits per heavy atom. The molecule has 1 fully saturated rings. The first-order valence-corrected chi connectivity index (χ1v) is 7.64. The third kappa shape index (κ3) is 3.16. The smallest absolute Gasteiger partial charge is 0.273 e. The monoisotopic (exact) mass is 302 g/mol. The van der Waals surface area contributed by atoms with Crippen LogP contribution in [-0.4, -0.2) is 26.9 Å². The van der Waals surface area contributed by atoms with Crippen LogP contribution in [0.3, 0.4) is 0 Å². The minimum absolute atomic E-state index is 0.183. The molecule has 0 aliphatic heterocycles. The molecule has 0 spiro atoms. The Kier molecular flexibility index (Phi) is 4.18. The summed E-state index contributed by atoms with van der Waals surface area (Å²) in [5.74, 6) is -0.499. The molecule has 1 aliphatic carbocycles. The summed E-state index contributed by atoms with van der Waals surface area (Å²) in [6.45, 7) is 1.75. The van der Waals surface area contributed by atoms with E-state index in [-0.39, 0.29) is 17.8 Å². The summed E-state index contributed by atoms with van der Waals surface area (Å²) in [6, 6.07) is 6.08. The molecule has 5 nitrogen and oxygen atoms in total. The molecular weight excluding hydrogens is 283 g/mol. The van der Waals surface area contributed by atoms with Crippen molar-refractivity contribution >= 4 is 5.91 Å². The third-order valence-corrected chi connectivity index (χ3v) is 4.00. The van der Waals surface area contributed by atoms with Gasteiger partial charge in [0.2, 0.25) is 0 Å². The van der Waals surface area contributed by atoms with E-state index in [0.717, 1.165) is 25.7 Å². The summed E-state index contributed by atoms with van der Waals surface area (Å²) in [6.07, 6.45) is 5.61. The van der Waals surface area contributed by atoms with Gasteiger partial charge in [-0.1, -0.05) is 19.3 Å². The highest BCUT2D eigenvalue weighted by molar-refractivity contribution is 5.93. The molecule has 0 bridgehead atoms. The Morgan fingerprint density at radius 1 is 1.18 bits per heavy atom. The molecule has 1 aliphatic rings. The van der Waals surface area contributed by atoms with Crippen molar-refractivity contribution in [2.24, 2.45) is 0 Å². The second-order valence-corrected chi connectivity index (χ2v) is 5.71. The first-order valence-electron chi connectivity index (χ1n) is 7.64. The molecule has 1 N–H and O–H groups in total. The third-order valence-electron chi connectivity index (χ3n) is 4.00. The van der Waals surface area contributed by atoms with Crippen LogP contribution in [0.15, 0.2) is 24.3 Å². The molecule has 0 atom stereocenters. The highest BCUT2D eigenvalue weighted by atomic mass is 19.1. The Morgan fingerprint density at radius 3 is 2.55 bits per heavy atom. The quantitative estimate of drug-likeness (QED) is 0.948. The molecule has 6 heteroatoms. The lowest BCUT2D eigenvalue weighted by Crippen LogP contribution is -2.36. The molecule has 1 heterocycles. The van der Waals surface area contributed by atoms with E-state index in [1.54, 1.807) is 19.1 Å². The maximum absolute atomic E-state index is 13.0. The number of carbonyl (C=O) groups is 1. The normalized spacial score (nSPS) is 15.7. The van der Waals surface area contributed by atoms with Crippen molar-refractivity contribution < 1.29 is 9.18 Å². The lowest BCUT2D eigenvalue weighted by molar-refractivity contribution is 0.0921. The summed E-state index contributed by atoms with van der Waals surface area (Å²) in [5, 5.41) is 11.5. The second kappa shape index (κ2) is 6.25. The summed E-state index contributed by atoms with van der Waals surface area (Å²) in [7, 11) is 0. The second-order valence-electron chi connectivity index (χ2n) is 5.71. The van der Waals surface area contributed by atoms with Crippen LogP contribution in [0, 0.1) is 12.7 Å². The Bertz CT molecular complexity index is 659. The van der Waals surface area contributed by atoms with Gasteiger partial charge in [0.1, 0.15) is 5.82 Å². The molecule has 1 saturated carbocycles. The van der Waals surface area contributed by atoms with Crippen LogP contribution in [0.1, 0.15) is 48.3 Å². The van der Waals surface area contributed by atoms with Gasteiger partial charge in [-0.3, -0.25) is 4.79 Å². The van der Waals surface area contributed by atoms with Gasteiger partial charge in [0.15, 0.2) is 5.69 Å². The number of nitrogens with zero attached hydrogens (tertiary/aromatic N) is 3. The molecule has 3 rings (SSSR count). The first kappa shape index (κ1) is 14.7. The molecule has 1 amide bonds. The number of hydrogen-bond donors (Lipinski definition) is 1. The van der Waals surface area contributed by atoms with Crippen LogP contribution < -0.4 is 5.32 Å². The predicted molar refractivity (Wildman–Crippen MR) is 80.4 cm³/mol. The zero-order valence-corrected chi connectivity index (χ0v) is 12.6. The van der Waals surface area contributed by atoms with E-state index in [2.05, 4.69) is 15.5 Å². The van der Waals surface area contributed by atoms with Crippen molar-refractivity contribution in [3.63, 3.8) is 0 Å². The number of hydrogen-bond acceptors (Lipinski definition) is 3. The molecule has 116 valence electrons. The number of benzene rings is 1. The standard InChI is InChI=1S/C16H19FN4O/c1-11-15(16(22)18-13-5-3-2-4-6-13)20-21(19-11)14-9-7-12(17)8-10-14/h7-10,13H,2-6H2,1H3,(H,18,22). The molecular formula is C16H19FN4O. The van der Waals surface area contributed by atoms with E-state index >= 15 is 0 Å². The average molecular weight is 302 g/mol. The topological polar surface area (TPSA) is 59.8 Å². The Hall–Kier alpha value is -2.24. The van der Waals surface area contributed by atoms with Crippen LogP contribution in [0.5, 0.6) is 0 Å². The van der Waals surface area contributed by atoms with Gasteiger partial charge in [-0.05, 0) is 44.0 Å². The van der Waals surface area contributed by atoms with Crippen molar-refractivity contribution in [3.05, 3.63) is 41.5 Å². The number of carbonyl (C=O) groups excluding carboxylic acids is 1. The number of aryl methyl sites for hydroxylation is 1. The Labute approximate surface area is 128 Å². The predicted octanol–water partition coefficient (Wildman–Crippen LogP) is 2.78. The van der Waals surface area contributed by atoms with Gasteiger partial charge >= 0.3 is 0 Å². The fraction of sp³-hybridized carbons (Fsp3) is 0.438. The van der Waals surface area contributed by atoms with Gasteiger partial charge in [-0.2, -0.15) is 9.90 Å².